The van der Waals surface area contributed by atoms with E-state index in [0.717, 1.165) is 22.0 Å². The SMILES string of the molecule is Cc1nc(C2(O)CCCN(C(=O)CC(C)C)CC2)sc1CCOc1ccc(F)cc1. The standard InChI is InChI=1S/C23H31FN2O3S/c1-16(2)15-21(27)26-12-4-10-23(28,11-13-26)22-25-17(3)20(30-22)9-14-29-19-7-5-18(24)6-8-19/h5-8,16,28H,4,9-15H2,1-3H3. The van der Waals surface area contributed by atoms with Crippen LogP contribution >= 0.6 is 11.3 Å². The molecule has 1 aromatic carbocycles. The molecule has 2 aromatic rings. The normalized spacial score (nSPS) is 19.7. The number of ether oxygens (including phenoxy) is 1. The van der Waals surface area contributed by atoms with E-state index in [9.17, 15) is 14.3 Å². The van der Waals surface area contributed by atoms with Gasteiger partial charge in [0.15, 0.2) is 0 Å². The molecule has 164 valence electrons. The average Bonchev–Trinajstić information content (AvgIpc) is 2.94. The maximum Gasteiger partial charge on any atom is 0.222 e. The average molecular weight is 435 g/mol. The minimum absolute atomic E-state index is 0.170. The molecular formula is C23H31FN2O3S. The molecule has 0 bridgehead atoms. The van der Waals surface area contributed by atoms with Crippen molar-refractivity contribution in [2.45, 2.75) is 58.5 Å². The van der Waals surface area contributed by atoms with Gasteiger partial charge >= 0.3 is 0 Å². The molecule has 1 N–H and O–H groups in total. The van der Waals surface area contributed by atoms with Crippen molar-refractivity contribution in [1.82, 2.24) is 9.88 Å². The van der Waals surface area contributed by atoms with Gasteiger partial charge in [-0.3, -0.25) is 4.79 Å². The Balaban J connectivity index is 1.60. The third kappa shape index (κ3) is 5.79. The fourth-order valence-corrected chi connectivity index (χ4v) is 4.90. The fourth-order valence-electron chi connectivity index (χ4n) is 3.71. The summed E-state index contributed by atoms with van der Waals surface area (Å²) in [5.41, 5.74) is -0.0821. The van der Waals surface area contributed by atoms with Gasteiger partial charge in [0.05, 0.1) is 12.3 Å². The molecule has 1 atom stereocenters. The van der Waals surface area contributed by atoms with Gasteiger partial charge in [0.1, 0.15) is 22.2 Å². The molecule has 1 aromatic heterocycles. The smallest absolute Gasteiger partial charge is 0.222 e. The Hall–Kier alpha value is -1.99. The lowest BCUT2D eigenvalue weighted by molar-refractivity contribution is -0.132. The molecule has 1 saturated heterocycles. The lowest BCUT2D eigenvalue weighted by atomic mass is 9.96. The molecule has 5 nitrogen and oxygen atoms in total. The van der Waals surface area contributed by atoms with Crippen LogP contribution in [0.5, 0.6) is 5.75 Å². The van der Waals surface area contributed by atoms with Crippen LogP contribution in [0, 0.1) is 18.7 Å². The van der Waals surface area contributed by atoms with E-state index in [1.165, 1.54) is 23.5 Å². The van der Waals surface area contributed by atoms with Crippen LogP contribution in [0.2, 0.25) is 0 Å². The van der Waals surface area contributed by atoms with Crippen LogP contribution < -0.4 is 4.74 Å². The molecule has 0 saturated carbocycles. The van der Waals surface area contributed by atoms with Crippen molar-refractivity contribution < 1.29 is 19.0 Å². The number of aromatic nitrogens is 1. The number of carbonyl (C=O) groups excluding carboxylic acids is 1. The highest BCUT2D eigenvalue weighted by atomic mass is 32.1. The number of likely N-dealkylation sites (tertiary alicyclic amines) is 1. The van der Waals surface area contributed by atoms with Gasteiger partial charge < -0.3 is 14.7 Å². The minimum atomic E-state index is -0.988. The molecule has 1 amide bonds. The summed E-state index contributed by atoms with van der Waals surface area (Å²) in [5.74, 6) is 0.850. The first-order valence-corrected chi connectivity index (χ1v) is 11.4. The maximum atomic E-state index is 13.0. The summed E-state index contributed by atoms with van der Waals surface area (Å²) >= 11 is 1.53. The van der Waals surface area contributed by atoms with Crippen LogP contribution in [0.3, 0.4) is 0 Å². The number of halogens is 1. The largest absolute Gasteiger partial charge is 0.493 e. The van der Waals surface area contributed by atoms with Crippen molar-refractivity contribution in [3.05, 3.63) is 45.7 Å². The number of amides is 1. The molecule has 1 aliphatic heterocycles. The first kappa shape index (κ1) is 22.7. The van der Waals surface area contributed by atoms with Gasteiger partial charge in [-0.25, -0.2) is 9.37 Å². The monoisotopic (exact) mass is 434 g/mol. The second-order valence-corrected chi connectivity index (χ2v) is 9.53. The van der Waals surface area contributed by atoms with E-state index < -0.39 is 5.60 Å². The molecule has 0 spiro atoms. The quantitative estimate of drug-likeness (QED) is 0.699. The number of hydrogen-bond donors (Lipinski definition) is 1. The Kier molecular flexibility index (Phi) is 7.47. The molecule has 3 rings (SSSR count). The summed E-state index contributed by atoms with van der Waals surface area (Å²) in [4.78, 5) is 20.0. The molecule has 1 unspecified atom stereocenters. The minimum Gasteiger partial charge on any atom is -0.493 e. The number of nitrogens with zero attached hydrogens (tertiary/aromatic N) is 2. The van der Waals surface area contributed by atoms with Crippen LogP contribution in [0.1, 0.15) is 55.1 Å². The predicted octanol–water partition coefficient (Wildman–Crippen LogP) is 4.46. The Morgan fingerprint density at radius 2 is 2.03 bits per heavy atom. The topological polar surface area (TPSA) is 62.7 Å². The van der Waals surface area contributed by atoms with E-state index in [1.54, 1.807) is 12.1 Å². The van der Waals surface area contributed by atoms with Crippen molar-refractivity contribution in [1.29, 1.82) is 0 Å². The second-order valence-electron chi connectivity index (χ2n) is 8.44. The van der Waals surface area contributed by atoms with E-state index in [4.69, 9.17) is 4.74 Å². The summed E-state index contributed by atoms with van der Waals surface area (Å²) in [6.07, 6.45) is 3.11. The first-order chi connectivity index (χ1) is 14.3. The predicted molar refractivity (Wildman–Crippen MR) is 116 cm³/mol. The van der Waals surface area contributed by atoms with Crippen molar-refractivity contribution in [3.8, 4) is 5.75 Å². The molecule has 1 fully saturated rings. The highest BCUT2D eigenvalue weighted by Gasteiger charge is 2.36. The van der Waals surface area contributed by atoms with Gasteiger partial charge in [-0.2, -0.15) is 0 Å². The van der Waals surface area contributed by atoms with Crippen LogP contribution in [0.4, 0.5) is 4.39 Å². The molecule has 30 heavy (non-hydrogen) atoms. The van der Waals surface area contributed by atoms with E-state index in [0.29, 0.717) is 57.0 Å². The van der Waals surface area contributed by atoms with Gasteiger partial charge in [0, 0.05) is 37.2 Å². The molecule has 1 aliphatic rings. The second kappa shape index (κ2) is 9.88. The van der Waals surface area contributed by atoms with Gasteiger partial charge in [-0.1, -0.05) is 13.8 Å². The lowest BCUT2D eigenvalue weighted by Crippen LogP contribution is -2.34. The zero-order valence-corrected chi connectivity index (χ0v) is 18.8. The number of benzene rings is 1. The summed E-state index contributed by atoms with van der Waals surface area (Å²) < 4.78 is 18.7. The third-order valence-electron chi connectivity index (χ3n) is 5.45. The Labute approximate surface area is 181 Å². The van der Waals surface area contributed by atoms with Crippen molar-refractivity contribution in [2.24, 2.45) is 5.92 Å². The van der Waals surface area contributed by atoms with Crippen LogP contribution in [0.25, 0.3) is 0 Å². The maximum absolute atomic E-state index is 13.0. The molecular weight excluding hydrogens is 403 g/mol. The number of aryl methyl sites for hydroxylation is 1. The first-order valence-electron chi connectivity index (χ1n) is 10.6. The van der Waals surface area contributed by atoms with E-state index in [2.05, 4.69) is 4.98 Å². The third-order valence-corrected chi connectivity index (χ3v) is 6.86. The van der Waals surface area contributed by atoms with Gasteiger partial charge in [0.25, 0.3) is 0 Å². The number of hydrogen-bond acceptors (Lipinski definition) is 5. The van der Waals surface area contributed by atoms with Crippen LogP contribution in [-0.4, -0.2) is 40.6 Å². The Bertz CT molecular complexity index is 853. The zero-order chi connectivity index (χ0) is 21.7. The highest BCUT2D eigenvalue weighted by Crippen LogP contribution is 2.37. The summed E-state index contributed by atoms with van der Waals surface area (Å²) in [5, 5.41) is 12.0. The van der Waals surface area contributed by atoms with E-state index in [1.807, 2.05) is 25.7 Å². The van der Waals surface area contributed by atoms with Gasteiger partial charge in [-0.05, 0) is 49.9 Å². The summed E-state index contributed by atoms with van der Waals surface area (Å²) in [6.45, 7) is 7.76. The molecule has 0 radical (unpaired) electrons. The zero-order valence-electron chi connectivity index (χ0n) is 18.0. The van der Waals surface area contributed by atoms with Crippen LogP contribution in [-0.2, 0) is 16.8 Å². The Morgan fingerprint density at radius 1 is 1.30 bits per heavy atom. The number of thiazole rings is 1. The van der Waals surface area contributed by atoms with Crippen molar-refractivity contribution >= 4 is 17.2 Å². The Morgan fingerprint density at radius 3 is 2.73 bits per heavy atom. The van der Waals surface area contributed by atoms with Crippen molar-refractivity contribution in [2.75, 3.05) is 19.7 Å². The summed E-state index contributed by atoms with van der Waals surface area (Å²) in [7, 11) is 0. The molecule has 7 heteroatoms. The number of carbonyl (C=O) groups is 1. The van der Waals surface area contributed by atoms with Gasteiger partial charge in [0.2, 0.25) is 5.91 Å². The molecule has 0 aliphatic carbocycles. The fraction of sp³-hybridized carbons (Fsp3) is 0.565. The van der Waals surface area contributed by atoms with Crippen LogP contribution in [0.15, 0.2) is 24.3 Å². The number of rotatable bonds is 7. The molecule has 2 heterocycles. The van der Waals surface area contributed by atoms with Crippen molar-refractivity contribution in [3.63, 3.8) is 0 Å². The summed E-state index contributed by atoms with van der Waals surface area (Å²) in [6, 6.07) is 5.98. The van der Waals surface area contributed by atoms with Gasteiger partial charge in [-0.15, -0.1) is 11.3 Å². The lowest BCUT2D eigenvalue weighted by Gasteiger charge is -2.25. The van der Waals surface area contributed by atoms with E-state index >= 15 is 0 Å². The highest BCUT2D eigenvalue weighted by molar-refractivity contribution is 7.11. The number of aliphatic hydroxyl groups is 1. The van der Waals surface area contributed by atoms with E-state index in [-0.39, 0.29) is 11.7 Å².